The molecular formula is C17H28N2. The van der Waals surface area contributed by atoms with Gasteiger partial charge in [-0.1, -0.05) is 25.1 Å². The Morgan fingerprint density at radius 1 is 1.37 bits per heavy atom. The third-order valence-corrected chi connectivity index (χ3v) is 4.51. The molecular weight excluding hydrogens is 232 g/mol. The zero-order valence-electron chi connectivity index (χ0n) is 12.9. The molecule has 0 aromatic heterocycles. The third kappa shape index (κ3) is 2.79. The van der Waals surface area contributed by atoms with Crippen molar-refractivity contribution in [1.82, 2.24) is 0 Å². The quantitative estimate of drug-likeness (QED) is 0.897. The number of benzene rings is 1. The van der Waals surface area contributed by atoms with Crippen molar-refractivity contribution in [3.8, 4) is 0 Å². The molecule has 0 saturated carbocycles. The van der Waals surface area contributed by atoms with Gasteiger partial charge in [0.25, 0.3) is 0 Å². The number of anilines is 1. The second-order valence-electron chi connectivity index (χ2n) is 6.51. The SMILES string of the molecule is CCc1cccc(C)c1N1CC(CCN)CC1(C)C. The topological polar surface area (TPSA) is 29.3 Å². The molecule has 1 aromatic carbocycles. The van der Waals surface area contributed by atoms with E-state index in [9.17, 15) is 0 Å². The third-order valence-electron chi connectivity index (χ3n) is 4.51. The van der Waals surface area contributed by atoms with E-state index in [1.807, 2.05) is 0 Å². The van der Waals surface area contributed by atoms with Crippen LogP contribution in [0.5, 0.6) is 0 Å². The first kappa shape index (κ1) is 14.4. The summed E-state index contributed by atoms with van der Waals surface area (Å²) in [5.74, 6) is 0.740. The Kier molecular flexibility index (Phi) is 4.19. The smallest absolute Gasteiger partial charge is 0.0432 e. The molecule has 1 atom stereocenters. The van der Waals surface area contributed by atoms with Gasteiger partial charge in [0.05, 0.1) is 0 Å². The second kappa shape index (κ2) is 5.54. The van der Waals surface area contributed by atoms with Crippen LogP contribution in [0.15, 0.2) is 18.2 Å². The van der Waals surface area contributed by atoms with Crippen LogP contribution in [0.1, 0.15) is 44.7 Å². The fraction of sp³-hybridized carbons (Fsp3) is 0.647. The summed E-state index contributed by atoms with van der Waals surface area (Å²) in [5.41, 5.74) is 10.3. The average molecular weight is 260 g/mol. The van der Waals surface area contributed by atoms with Crippen LogP contribution in [0.3, 0.4) is 0 Å². The van der Waals surface area contributed by atoms with E-state index in [0.717, 1.165) is 31.8 Å². The van der Waals surface area contributed by atoms with E-state index < -0.39 is 0 Å². The predicted octanol–water partition coefficient (Wildman–Crippen LogP) is 3.51. The minimum absolute atomic E-state index is 0.246. The molecule has 106 valence electrons. The molecule has 2 nitrogen and oxygen atoms in total. The van der Waals surface area contributed by atoms with Crippen molar-refractivity contribution in [3.05, 3.63) is 29.3 Å². The molecule has 0 spiro atoms. The van der Waals surface area contributed by atoms with Crippen LogP contribution >= 0.6 is 0 Å². The Morgan fingerprint density at radius 3 is 2.74 bits per heavy atom. The Hall–Kier alpha value is -1.02. The fourth-order valence-corrected chi connectivity index (χ4v) is 3.60. The standard InChI is InChI=1S/C17H28N2/c1-5-15-8-6-7-13(2)16(15)19-12-14(9-10-18)11-17(19,3)4/h6-8,14H,5,9-12,18H2,1-4H3. The second-order valence-corrected chi connectivity index (χ2v) is 6.51. The van der Waals surface area contributed by atoms with E-state index in [1.165, 1.54) is 23.2 Å². The Labute approximate surface area is 118 Å². The van der Waals surface area contributed by atoms with Crippen molar-refractivity contribution in [2.75, 3.05) is 18.0 Å². The highest BCUT2D eigenvalue weighted by molar-refractivity contribution is 5.61. The minimum Gasteiger partial charge on any atom is -0.366 e. The van der Waals surface area contributed by atoms with E-state index in [4.69, 9.17) is 5.73 Å². The van der Waals surface area contributed by atoms with Crippen LogP contribution in [-0.4, -0.2) is 18.6 Å². The molecule has 0 aliphatic carbocycles. The van der Waals surface area contributed by atoms with Crippen molar-refractivity contribution in [2.45, 2.75) is 52.5 Å². The number of rotatable bonds is 4. The largest absolute Gasteiger partial charge is 0.366 e. The number of aryl methyl sites for hydroxylation is 2. The lowest BCUT2D eigenvalue weighted by Gasteiger charge is -2.36. The number of hydrogen-bond acceptors (Lipinski definition) is 2. The monoisotopic (exact) mass is 260 g/mol. The normalized spacial score (nSPS) is 21.9. The van der Waals surface area contributed by atoms with Gasteiger partial charge in [0.2, 0.25) is 0 Å². The van der Waals surface area contributed by atoms with Crippen LogP contribution in [0.2, 0.25) is 0 Å². The van der Waals surface area contributed by atoms with E-state index in [1.54, 1.807) is 0 Å². The fourth-order valence-electron chi connectivity index (χ4n) is 3.60. The predicted molar refractivity (Wildman–Crippen MR) is 83.8 cm³/mol. The summed E-state index contributed by atoms with van der Waals surface area (Å²) in [6.45, 7) is 11.2. The molecule has 1 fully saturated rings. The van der Waals surface area contributed by atoms with Gasteiger partial charge in [-0.3, -0.25) is 0 Å². The van der Waals surface area contributed by atoms with Crippen molar-refractivity contribution in [3.63, 3.8) is 0 Å². The maximum atomic E-state index is 5.75. The summed E-state index contributed by atoms with van der Waals surface area (Å²) in [5, 5.41) is 0. The lowest BCUT2D eigenvalue weighted by molar-refractivity contribution is 0.458. The first-order chi connectivity index (χ1) is 8.99. The van der Waals surface area contributed by atoms with Crippen LogP contribution in [0, 0.1) is 12.8 Å². The Balaban J connectivity index is 2.36. The van der Waals surface area contributed by atoms with Crippen molar-refractivity contribution >= 4 is 5.69 Å². The molecule has 1 aliphatic rings. The lowest BCUT2D eigenvalue weighted by Crippen LogP contribution is -2.39. The first-order valence-electron chi connectivity index (χ1n) is 7.55. The van der Waals surface area contributed by atoms with Crippen LogP contribution in [0.25, 0.3) is 0 Å². The van der Waals surface area contributed by atoms with E-state index in [-0.39, 0.29) is 5.54 Å². The Morgan fingerprint density at radius 2 is 2.11 bits per heavy atom. The maximum absolute atomic E-state index is 5.75. The molecule has 2 N–H and O–H groups in total. The molecule has 1 aliphatic heterocycles. The molecule has 0 amide bonds. The van der Waals surface area contributed by atoms with Crippen molar-refractivity contribution < 1.29 is 0 Å². The Bertz CT molecular complexity index is 437. The zero-order chi connectivity index (χ0) is 14.0. The maximum Gasteiger partial charge on any atom is 0.0432 e. The van der Waals surface area contributed by atoms with Gasteiger partial charge in [0.15, 0.2) is 0 Å². The van der Waals surface area contributed by atoms with Crippen molar-refractivity contribution in [2.24, 2.45) is 11.7 Å². The first-order valence-corrected chi connectivity index (χ1v) is 7.55. The van der Waals surface area contributed by atoms with Gasteiger partial charge in [-0.2, -0.15) is 0 Å². The summed E-state index contributed by atoms with van der Waals surface area (Å²) in [4.78, 5) is 2.63. The molecule has 2 rings (SSSR count). The molecule has 1 heterocycles. The summed E-state index contributed by atoms with van der Waals surface area (Å²) >= 11 is 0. The molecule has 1 aromatic rings. The highest BCUT2D eigenvalue weighted by atomic mass is 15.2. The van der Waals surface area contributed by atoms with Gasteiger partial charge in [-0.25, -0.2) is 0 Å². The van der Waals surface area contributed by atoms with Crippen molar-refractivity contribution in [1.29, 1.82) is 0 Å². The summed E-state index contributed by atoms with van der Waals surface area (Å²) in [7, 11) is 0. The molecule has 2 heteroatoms. The number of hydrogen-bond donors (Lipinski definition) is 1. The van der Waals surface area contributed by atoms with Gasteiger partial charge >= 0.3 is 0 Å². The van der Waals surface area contributed by atoms with E-state index in [2.05, 4.69) is 50.8 Å². The average Bonchev–Trinajstić information content (AvgIpc) is 2.64. The van der Waals surface area contributed by atoms with Gasteiger partial charge in [-0.05, 0) is 63.6 Å². The molecule has 19 heavy (non-hydrogen) atoms. The van der Waals surface area contributed by atoms with Crippen LogP contribution < -0.4 is 10.6 Å². The highest BCUT2D eigenvalue weighted by Gasteiger charge is 2.39. The molecule has 0 bridgehead atoms. The summed E-state index contributed by atoms with van der Waals surface area (Å²) < 4.78 is 0. The molecule has 1 unspecified atom stereocenters. The van der Waals surface area contributed by atoms with E-state index >= 15 is 0 Å². The van der Waals surface area contributed by atoms with Gasteiger partial charge < -0.3 is 10.6 Å². The minimum atomic E-state index is 0.246. The molecule has 0 radical (unpaired) electrons. The molecule has 1 saturated heterocycles. The van der Waals surface area contributed by atoms with Crippen LogP contribution in [0.4, 0.5) is 5.69 Å². The number of nitrogens with two attached hydrogens (primary N) is 1. The summed E-state index contributed by atoms with van der Waals surface area (Å²) in [6, 6.07) is 6.69. The van der Waals surface area contributed by atoms with E-state index in [0.29, 0.717) is 0 Å². The van der Waals surface area contributed by atoms with Gasteiger partial charge in [-0.15, -0.1) is 0 Å². The number of para-hydroxylation sites is 1. The lowest BCUT2D eigenvalue weighted by atomic mass is 9.93. The van der Waals surface area contributed by atoms with Gasteiger partial charge in [0, 0.05) is 17.8 Å². The number of nitrogens with zero attached hydrogens (tertiary/aromatic N) is 1. The zero-order valence-corrected chi connectivity index (χ0v) is 12.9. The highest BCUT2D eigenvalue weighted by Crippen LogP contribution is 2.40. The summed E-state index contributed by atoms with van der Waals surface area (Å²) in [6.07, 6.45) is 3.50. The van der Waals surface area contributed by atoms with Crippen LogP contribution in [-0.2, 0) is 6.42 Å². The van der Waals surface area contributed by atoms with Gasteiger partial charge in [0.1, 0.15) is 0 Å².